The summed E-state index contributed by atoms with van der Waals surface area (Å²) in [5.41, 5.74) is 2.90. The highest BCUT2D eigenvalue weighted by atomic mass is 16.2. The lowest BCUT2D eigenvalue weighted by atomic mass is 9.85. The van der Waals surface area contributed by atoms with Gasteiger partial charge in [-0.1, -0.05) is 163 Å². The van der Waals surface area contributed by atoms with Crippen molar-refractivity contribution in [3.8, 4) is 0 Å². The van der Waals surface area contributed by atoms with Gasteiger partial charge in [0.1, 0.15) is 24.2 Å². The van der Waals surface area contributed by atoms with Gasteiger partial charge in [-0.25, -0.2) is 0 Å². The van der Waals surface area contributed by atoms with Crippen LogP contribution in [0.2, 0.25) is 0 Å². The molecule has 18 heteroatoms. The molecule has 0 spiro atoms. The monoisotopic (exact) mass is 1140 g/mol. The number of nitrogens with one attached hydrogen (secondary N) is 8. The van der Waals surface area contributed by atoms with Crippen molar-refractivity contribution in [2.75, 3.05) is 40.3 Å². The second-order valence-electron chi connectivity index (χ2n) is 24.3. The Kier molecular flexibility index (Phi) is 21.4. The minimum absolute atomic E-state index is 0.0213. The van der Waals surface area contributed by atoms with Crippen molar-refractivity contribution in [1.82, 2.24) is 52.3 Å². The van der Waals surface area contributed by atoms with E-state index in [0.717, 1.165) is 22.3 Å². The number of rotatable bonds is 22. The highest BCUT2D eigenvalue weighted by Gasteiger charge is 2.47. The second-order valence-corrected chi connectivity index (χ2v) is 24.3. The van der Waals surface area contributed by atoms with E-state index in [1.807, 2.05) is 163 Å². The van der Waals surface area contributed by atoms with E-state index in [9.17, 15) is 38.4 Å². The first kappa shape index (κ1) is 63.4. The van der Waals surface area contributed by atoms with Gasteiger partial charge in [0.2, 0.25) is 35.4 Å². The van der Waals surface area contributed by atoms with Crippen molar-refractivity contribution >= 4 is 47.3 Å². The molecule has 0 saturated carbocycles. The van der Waals surface area contributed by atoms with Crippen LogP contribution in [0.1, 0.15) is 123 Å². The van der Waals surface area contributed by atoms with E-state index in [0.29, 0.717) is 0 Å². The van der Waals surface area contributed by atoms with Crippen molar-refractivity contribution in [3.63, 3.8) is 0 Å². The molecular weight excluding hydrogens is 1060 g/mol. The van der Waals surface area contributed by atoms with E-state index < -0.39 is 94.6 Å². The first-order chi connectivity index (χ1) is 40.0. The molecule has 84 heavy (non-hydrogen) atoms. The zero-order valence-corrected chi connectivity index (χ0v) is 50.0. The smallest absolute Gasteiger partial charge is 0.251 e. The first-order valence-electron chi connectivity index (χ1n) is 29.0. The van der Waals surface area contributed by atoms with Gasteiger partial charge in [0.25, 0.3) is 11.8 Å². The van der Waals surface area contributed by atoms with Gasteiger partial charge in [-0.05, 0) is 98.1 Å². The SMILES string of the molecule is CN[C@@H](C)C(=O)N[C@H](C(=O)N1C[C@@H](NC(=O)c2ccc(C(=O)N[C@H]3C[C@@H](C(=O)NCC(c4ccccc4)c4ccccc4)N(C(=O)[C@@H](NC(=O)[C@H](C)NC)C(C)(C)C)C3)cc2)C[C@H]1C(=O)NCC(c1ccccc1)c1ccccc1)C(C)(C)C. The van der Waals surface area contributed by atoms with Crippen molar-refractivity contribution in [2.45, 2.75) is 128 Å². The van der Waals surface area contributed by atoms with E-state index in [1.165, 1.54) is 34.1 Å². The number of likely N-dealkylation sites (N-methyl/N-ethyl adjacent to an activating group) is 2. The molecular formula is C66H84N10O8. The van der Waals surface area contributed by atoms with Gasteiger partial charge in [-0.15, -0.1) is 0 Å². The van der Waals surface area contributed by atoms with Crippen LogP contribution in [0, 0.1) is 10.8 Å². The molecule has 2 saturated heterocycles. The van der Waals surface area contributed by atoms with E-state index in [1.54, 1.807) is 27.9 Å². The van der Waals surface area contributed by atoms with Crippen LogP contribution in [0.15, 0.2) is 146 Å². The van der Waals surface area contributed by atoms with Crippen molar-refractivity contribution in [3.05, 3.63) is 179 Å². The topological polar surface area (TPSA) is 239 Å². The zero-order valence-electron chi connectivity index (χ0n) is 50.0. The number of carbonyl (C=O) groups excluding carboxylic acids is 8. The van der Waals surface area contributed by atoms with Gasteiger partial charge in [0, 0.05) is 61.2 Å². The minimum atomic E-state index is -1.01. The van der Waals surface area contributed by atoms with Crippen LogP contribution in [-0.2, 0) is 28.8 Å². The Labute approximate surface area is 494 Å². The van der Waals surface area contributed by atoms with Gasteiger partial charge in [0.15, 0.2) is 0 Å². The van der Waals surface area contributed by atoms with E-state index in [-0.39, 0.29) is 73.8 Å². The van der Waals surface area contributed by atoms with E-state index >= 15 is 0 Å². The zero-order chi connectivity index (χ0) is 60.9. The van der Waals surface area contributed by atoms with Crippen LogP contribution < -0.4 is 42.5 Å². The van der Waals surface area contributed by atoms with Crippen LogP contribution in [-0.4, -0.2) is 146 Å². The summed E-state index contributed by atoms with van der Waals surface area (Å²) < 4.78 is 0. The summed E-state index contributed by atoms with van der Waals surface area (Å²) in [6.07, 6.45) is 0.169. The quantitative estimate of drug-likeness (QED) is 0.0448. The molecule has 18 nitrogen and oxygen atoms in total. The number of nitrogens with zero attached hydrogens (tertiary/aromatic N) is 2. The predicted octanol–water partition coefficient (Wildman–Crippen LogP) is 5.26. The Morgan fingerprint density at radius 3 is 1.00 bits per heavy atom. The summed E-state index contributed by atoms with van der Waals surface area (Å²) in [6, 6.07) is 38.7. The molecule has 8 amide bonds. The molecule has 8 atom stereocenters. The molecule has 446 valence electrons. The van der Waals surface area contributed by atoms with Gasteiger partial charge in [-0.3, -0.25) is 38.4 Å². The fraction of sp³-hybridized carbons (Fsp3) is 0.424. The lowest BCUT2D eigenvalue weighted by molar-refractivity contribution is -0.144. The molecule has 0 bridgehead atoms. The lowest BCUT2D eigenvalue weighted by Crippen LogP contribution is -2.59. The molecule has 7 rings (SSSR count). The Morgan fingerprint density at radius 1 is 0.452 bits per heavy atom. The summed E-state index contributed by atoms with van der Waals surface area (Å²) in [5, 5.41) is 24.0. The standard InChI is InChI=1S/C66H84N10O8/c1-41(67-9)57(77)73-55(65(3,4)5)63(83)75-39-49(35-53(75)61(81)69-37-51(43-23-15-11-16-24-43)44-25-17-12-18-26-44)71-59(79)47-31-33-48(34-32-47)60(80)72-50-36-54(76(40-50)64(84)56(66(6,7)8)74-58(78)42(2)68-10)62(82)70-38-52(45-27-19-13-20-28-45)46-29-21-14-22-30-46/h11-34,41-42,49-56,67-68H,35-40H2,1-10H3,(H,69,81)(H,70,82)(H,71,79)(H,72,80)(H,73,77)(H,74,78)/t41-,42-,49-,50-,53-,54-,55+,56+/m0/s1. The Bertz CT molecular complexity index is 2780. The van der Waals surface area contributed by atoms with Crippen molar-refractivity contribution < 1.29 is 38.4 Å². The van der Waals surface area contributed by atoms with Crippen LogP contribution in [0.5, 0.6) is 0 Å². The van der Waals surface area contributed by atoms with Crippen LogP contribution >= 0.6 is 0 Å². The molecule has 2 aliphatic rings. The third-order valence-electron chi connectivity index (χ3n) is 16.1. The van der Waals surface area contributed by atoms with Gasteiger partial charge < -0.3 is 52.3 Å². The van der Waals surface area contributed by atoms with E-state index in [2.05, 4.69) is 42.5 Å². The molecule has 0 radical (unpaired) electrons. The number of likely N-dealkylation sites (tertiary alicyclic amines) is 2. The Balaban J connectivity index is 1.07. The van der Waals surface area contributed by atoms with Crippen molar-refractivity contribution in [1.29, 1.82) is 0 Å². The number of hydrogen-bond donors (Lipinski definition) is 8. The van der Waals surface area contributed by atoms with Crippen LogP contribution in [0.25, 0.3) is 0 Å². The lowest BCUT2D eigenvalue weighted by Gasteiger charge is -2.36. The fourth-order valence-electron chi connectivity index (χ4n) is 10.8. The molecule has 5 aromatic rings. The predicted molar refractivity (Wildman–Crippen MR) is 324 cm³/mol. The largest absolute Gasteiger partial charge is 0.353 e. The summed E-state index contributed by atoms with van der Waals surface area (Å²) in [4.78, 5) is 116. The third-order valence-corrected chi connectivity index (χ3v) is 16.1. The molecule has 2 fully saturated rings. The number of amides is 8. The number of hydrogen-bond acceptors (Lipinski definition) is 10. The van der Waals surface area contributed by atoms with Gasteiger partial charge in [-0.2, -0.15) is 0 Å². The number of benzene rings is 5. The molecule has 8 N–H and O–H groups in total. The van der Waals surface area contributed by atoms with Gasteiger partial charge in [0.05, 0.1) is 12.1 Å². The average molecular weight is 1150 g/mol. The molecule has 5 aromatic carbocycles. The summed E-state index contributed by atoms with van der Waals surface area (Å²) in [6.45, 7) is 14.8. The summed E-state index contributed by atoms with van der Waals surface area (Å²) >= 11 is 0. The number of carbonyl (C=O) groups is 8. The Morgan fingerprint density at radius 2 is 0.738 bits per heavy atom. The molecule has 2 heterocycles. The molecule has 0 aliphatic carbocycles. The van der Waals surface area contributed by atoms with Crippen molar-refractivity contribution in [2.24, 2.45) is 10.8 Å². The van der Waals surface area contributed by atoms with Crippen LogP contribution in [0.3, 0.4) is 0 Å². The van der Waals surface area contributed by atoms with Gasteiger partial charge >= 0.3 is 0 Å². The molecule has 2 aliphatic heterocycles. The van der Waals surface area contributed by atoms with E-state index in [4.69, 9.17) is 0 Å². The maximum absolute atomic E-state index is 14.8. The third kappa shape index (κ3) is 16.1. The maximum atomic E-state index is 14.8. The molecule has 0 unspecified atom stereocenters. The normalized spacial score (nSPS) is 18.5. The average Bonchev–Trinajstić information content (AvgIpc) is 4.05. The molecule has 0 aromatic heterocycles. The summed E-state index contributed by atoms with van der Waals surface area (Å²) in [5.74, 6) is -3.89. The van der Waals surface area contributed by atoms with Crippen LogP contribution in [0.4, 0.5) is 0 Å². The minimum Gasteiger partial charge on any atom is -0.353 e. The highest BCUT2D eigenvalue weighted by molar-refractivity contribution is 5.99. The second kappa shape index (κ2) is 28.4. The Hall–Kier alpha value is -8.22. The first-order valence-corrected chi connectivity index (χ1v) is 29.0. The highest BCUT2D eigenvalue weighted by Crippen LogP contribution is 2.31. The summed E-state index contributed by atoms with van der Waals surface area (Å²) in [7, 11) is 3.30. The fourth-order valence-corrected chi connectivity index (χ4v) is 10.8. The maximum Gasteiger partial charge on any atom is 0.251 e.